The summed E-state index contributed by atoms with van der Waals surface area (Å²) >= 11 is 0. The number of anilines is 1. The van der Waals surface area contributed by atoms with Gasteiger partial charge in [0.15, 0.2) is 11.6 Å². The Labute approximate surface area is 172 Å². The molecule has 3 heterocycles. The summed E-state index contributed by atoms with van der Waals surface area (Å²) in [6, 6.07) is 8.38. The molecule has 0 radical (unpaired) electrons. The molecule has 0 spiro atoms. The quantitative estimate of drug-likeness (QED) is 0.720. The van der Waals surface area contributed by atoms with Crippen molar-refractivity contribution in [2.24, 2.45) is 0 Å². The highest BCUT2D eigenvalue weighted by atomic mass is 16.5. The second-order valence-electron chi connectivity index (χ2n) is 8.48. The average Bonchev–Trinajstić information content (AvgIpc) is 3.18. The van der Waals surface area contributed by atoms with E-state index in [2.05, 4.69) is 56.9 Å². The molecule has 2 aromatic rings. The third-order valence-corrected chi connectivity index (χ3v) is 6.02. The van der Waals surface area contributed by atoms with Gasteiger partial charge in [-0.15, -0.1) is 0 Å². The number of carbonyl (C=O) groups excluding carboxylic acids is 1. The van der Waals surface area contributed by atoms with Crippen molar-refractivity contribution in [3.05, 3.63) is 53.3 Å². The molecule has 1 saturated heterocycles. The number of para-hydroxylation sites is 1. The standard InChI is InChI=1S/C22H29N5O2/c1-16-23-21(24-29-16)15-27-11-9-26(10-12-27)14-17(28)13-20-22(2,3)18-7-5-6-8-19(18)25(20)4/h5-8,13H,9-12,14-15H2,1-4H3. The van der Waals surface area contributed by atoms with Gasteiger partial charge in [-0.05, 0) is 11.6 Å². The predicted molar refractivity (Wildman–Crippen MR) is 112 cm³/mol. The fourth-order valence-corrected chi connectivity index (χ4v) is 4.39. The van der Waals surface area contributed by atoms with Gasteiger partial charge in [-0.2, -0.15) is 4.98 Å². The molecule has 1 aromatic heterocycles. The molecule has 7 heteroatoms. The molecule has 0 aliphatic carbocycles. The van der Waals surface area contributed by atoms with Crippen molar-refractivity contribution in [3.8, 4) is 0 Å². The minimum atomic E-state index is -0.164. The number of aromatic nitrogens is 2. The number of hydrogen-bond donors (Lipinski definition) is 0. The fraction of sp³-hybridized carbons (Fsp3) is 0.500. The topological polar surface area (TPSA) is 65.7 Å². The van der Waals surface area contributed by atoms with Crippen LogP contribution < -0.4 is 4.90 Å². The maximum atomic E-state index is 12.8. The molecular weight excluding hydrogens is 366 g/mol. The molecule has 0 unspecified atom stereocenters. The minimum Gasteiger partial charge on any atom is -0.347 e. The second-order valence-corrected chi connectivity index (χ2v) is 8.48. The van der Waals surface area contributed by atoms with Crippen LogP contribution in [0.4, 0.5) is 5.69 Å². The smallest absolute Gasteiger partial charge is 0.223 e. The molecule has 0 bridgehead atoms. The zero-order valence-electron chi connectivity index (χ0n) is 17.7. The number of piperazine rings is 1. The number of benzene rings is 1. The largest absolute Gasteiger partial charge is 0.347 e. The summed E-state index contributed by atoms with van der Waals surface area (Å²) < 4.78 is 5.04. The number of fused-ring (bicyclic) bond motifs is 1. The number of aryl methyl sites for hydroxylation is 1. The minimum absolute atomic E-state index is 0.162. The number of likely N-dealkylation sites (N-methyl/N-ethyl adjacent to an activating group) is 1. The maximum absolute atomic E-state index is 12.8. The Morgan fingerprint density at radius 2 is 1.86 bits per heavy atom. The van der Waals surface area contributed by atoms with E-state index in [0.717, 1.165) is 37.7 Å². The molecule has 0 N–H and O–H groups in total. The van der Waals surface area contributed by atoms with Crippen molar-refractivity contribution in [3.63, 3.8) is 0 Å². The van der Waals surface area contributed by atoms with Gasteiger partial charge in [0.1, 0.15) is 0 Å². The Morgan fingerprint density at radius 1 is 1.17 bits per heavy atom. The lowest BCUT2D eigenvalue weighted by Crippen LogP contribution is -2.47. The zero-order chi connectivity index (χ0) is 20.6. The van der Waals surface area contributed by atoms with Gasteiger partial charge in [-0.1, -0.05) is 37.2 Å². The normalized spacial score (nSPS) is 21.0. The van der Waals surface area contributed by atoms with E-state index < -0.39 is 0 Å². The van der Waals surface area contributed by atoms with E-state index in [-0.39, 0.29) is 11.2 Å². The summed E-state index contributed by atoms with van der Waals surface area (Å²) in [6.45, 7) is 10.9. The predicted octanol–water partition coefficient (Wildman–Crippen LogP) is 2.38. The van der Waals surface area contributed by atoms with Crippen molar-refractivity contribution in [1.29, 1.82) is 0 Å². The van der Waals surface area contributed by atoms with E-state index in [1.165, 1.54) is 11.3 Å². The van der Waals surface area contributed by atoms with E-state index in [9.17, 15) is 4.79 Å². The Kier molecular flexibility index (Phi) is 5.27. The van der Waals surface area contributed by atoms with Crippen molar-refractivity contribution in [1.82, 2.24) is 19.9 Å². The van der Waals surface area contributed by atoms with Gasteiger partial charge in [0, 0.05) is 63.0 Å². The van der Waals surface area contributed by atoms with Crippen LogP contribution in [0.2, 0.25) is 0 Å². The lowest BCUT2D eigenvalue weighted by Gasteiger charge is -2.33. The van der Waals surface area contributed by atoms with Gasteiger partial charge in [0.2, 0.25) is 5.89 Å². The number of hydrogen-bond acceptors (Lipinski definition) is 7. The monoisotopic (exact) mass is 395 g/mol. The Morgan fingerprint density at radius 3 is 2.52 bits per heavy atom. The van der Waals surface area contributed by atoms with Crippen LogP contribution in [0, 0.1) is 6.92 Å². The summed E-state index contributed by atoms with van der Waals surface area (Å²) in [5.74, 6) is 1.48. The molecule has 154 valence electrons. The third kappa shape index (κ3) is 3.97. The van der Waals surface area contributed by atoms with E-state index in [4.69, 9.17) is 4.52 Å². The third-order valence-electron chi connectivity index (χ3n) is 6.02. The van der Waals surface area contributed by atoms with Gasteiger partial charge in [-0.3, -0.25) is 14.6 Å². The fourth-order valence-electron chi connectivity index (χ4n) is 4.39. The van der Waals surface area contributed by atoms with Crippen molar-refractivity contribution >= 4 is 11.5 Å². The Balaban J connectivity index is 1.35. The molecule has 7 nitrogen and oxygen atoms in total. The molecule has 2 aliphatic heterocycles. The molecule has 0 atom stereocenters. The first-order valence-corrected chi connectivity index (χ1v) is 10.2. The van der Waals surface area contributed by atoms with Gasteiger partial charge in [0.05, 0.1) is 13.1 Å². The number of nitrogens with zero attached hydrogens (tertiary/aromatic N) is 5. The van der Waals surface area contributed by atoms with Crippen LogP contribution in [0.5, 0.6) is 0 Å². The zero-order valence-corrected chi connectivity index (χ0v) is 17.7. The van der Waals surface area contributed by atoms with Crippen LogP contribution in [0.15, 0.2) is 40.6 Å². The first-order valence-electron chi connectivity index (χ1n) is 10.2. The summed E-state index contributed by atoms with van der Waals surface area (Å²) in [4.78, 5) is 23.8. The lowest BCUT2D eigenvalue weighted by molar-refractivity contribution is -0.116. The van der Waals surface area contributed by atoms with Crippen LogP contribution in [0.3, 0.4) is 0 Å². The van der Waals surface area contributed by atoms with Crippen molar-refractivity contribution < 1.29 is 9.32 Å². The molecule has 1 fully saturated rings. The van der Waals surface area contributed by atoms with E-state index in [0.29, 0.717) is 19.0 Å². The van der Waals surface area contributed by atoms with Gasteiger partial charge < -0.3 is 9.42 Å². The van der Waals surface area contributed by atoms with Gasteiger partial charge in [0.25, 0.3) is 0 Å². The van der Waals surface area contributed by atoms with Gasteiger partial charge >= 0.3 is 0 Å². The molecule has 4 rings (SSSR count). The number of ketones is 1. The average molecular weight is 396 g/mol. The summed E-state index contributed by atoms with van der Waals surface area (Å²) in [7, 11) is 2.05. The van der Waals surface area contributed by atoms with E-state index in [1.54, 1.807) is 6.92 Å². The Hall–Kier alpha value is -2.51. The second kappa shape index (κ2) is 7.72. The maximum Gasteiger partial charge on any atom is 0.223 e. The number of rotatable bonds is 5. The molecule has 2 aliphatic rings. The summed E-state index contributed by atoms with van der Waals surface area (Å²) in [5.41, 5.74) is 3.35. The van der Waals surface area contributed by atoms with Crippen LogP contribution in [0.1, 0.15) is 31.1 Å². The van der Waals surface area contributed by atoms with Crippen LogP contribution in [0.25, 0.3) is 0 Å². The van der Waals surface area contributed by atoms with E-state index in [1.807, 2.05) is 19.2 Å². The molecule has 0 saturated carbocycles. The summed E-state index contributed by atoms with van der Waals surface area (Å²) in [5, 5.41) is 3.96. The highest BCUT2D eigenvalue weighted by molar-refractivity contribution is 5.94. The lowest BCUT2D eigenvalue weighted by atomic mass is 9.83. The highest BCUT2D eigenvalue weighted by Gasteiger charge is 2.38. The van der Waals surface area contributed by atoms with Crippen LogP contribution >= 0.6 is 0 Å². The van der Waals surface area contributed by atoms with E-state index >= 15 is 0 Å². The van der Waals surface area contributed by atoms with Gasteiger partial charge in [-0.25, -0.2) is 0 Å². The SMILES string of the molecule is Cc1nc(CN2CCN(CC(=O)C=C3N(C)c4ccccc4C3(C)C)CC2)no1. The molecule has 1 aromatic carbocycles. The van der Waals surface area contributed by atoms with Crippen LogP contribution in [-0.2, 0) is 16.8 Å². The molecular formula is C22H29N5O2. The first kappa shape index (κ1) is 19.8. The van der Waals surface area contributed by atoms with Crippen LogP contribution in [-0.4, -0.2) is 65.5 Å². The molecule has 29 heavy (non-hydrogen) atoms. The Bertz CT molecular complexity index is 925. The molecule has 0 amide bonds. The first-order chi connectivity index (χ1) is 13.8. The summed E-state index contributed by atoms with van der Waals surface area (Å²) in [6.07, 6.45) is 1.84. The van der Waals surface area contributed by atoms with Crippen molar-refractivity contribution in [2.75, 3.05) is 44.7 Å². The number of allylic oxidation sites excluding steroid dienone is 1. The number of carbonyl (C=O) groups is 1. The van der Waals surface area contributed by atoms with Crippen molar-refractivity contribution in [2.45, 2.75) is 32.7 Å². The highest BCUT2D eigenvalue weighted by Crippen LogP contribution is 2.46.